The Morgan fingerprint density at radius 3 is 0.500 bits per heavy atom. The monoisotopic (exact) mass is 148 g/mol. The van der Waals surface area contributed by atoms with Crippen LogP contribution in [0, 0.1) is 22.3 Å². The maximum absolute atomic E-state index is 0. The Hall–Kier alpha value is 0.623. The maximum atomic E-state index is 0. The minimum atomic E-state index is 0. The van der Waals surface area contributed by atoms with Crippen molar-refractivity contribution in [2.24, 2.45) is 0 Å². The predicted molar refractivity (Wildman–Crippen MR) is 19.2 cm³/mol. The fourth-order valence-electron chi connectivity index (χ4n) is 0. The number of hydrogen-bond donors (Lipinski definition) is 0. The van der Waals surface area contributed by atoms with Crippen molar-refractivity contribution >= 4 is 0 Å². The van der Waals surface area contributed by atoms with Gasteiger partial charge in [0.05, 0.1) is 0 Å². The summed E-state index contributed by atoms with van der Waals surface area (Å²) < 4.78 is 0. The second-order valence-electron chi connectivity index (χ2n) is 0. The van der Waals surface area contributed by atoms with Crippen LogP contribution in [0.1, 0.15) is 0 Å². The van der Waals surface area contributed by atoms with Gasteiger partial charge in [-0.25, -0.2) is 0 Å². The predicted octanol–water partition coefficient (Wildman–Crippen LogP) is 1.35. The second-order valence-corrected chi connectivity index (χ2v) is 0. The van der Waals surface area contributed by atoms with Crippen molar-refractivity contribution in [3.63, 3.8) is 0 Å². The summed E-state index contributed by atoms with van der Waals surface area (Å²) in [7, 11) is 0. The molecule has 0 bridgehead atoms. The summed E-state index contributed by atoms with van der Waals surface area (Å²) in [6.45, 7) is 0. The van der Waals surface area contributed by atoms with Crippen molar-refractivity contribution in [3.05, 3.63) is 22.3 Å². The van der Waals surface area contributed by atoms with Crippen LogP contribution in [-0.4, -0.2) is 0 Å². The summed E-state index contributed by atoms with van der Waals surface area (Å²) in [5, 5.41) is 0. The SMILES string of the molecule is [CH3-].[CH3-].[CH3-].[Rh]. The van der Waals surface area contributed by atoms with Gasteiger partial charge in [0.2, 0.25) is 0 Å². The van der Waals surface area contributed by atoms with Crippen molar-refractivity contribution in [1.29, 1.82) is 0 Å². The van der Waals surface area contributed by atoms with E-state index in [1.54, 1.807) is 0 Å². The van der Waals surface area contributed by atoms with Gasteiger partial charge in [-0.2, -0.15) is 0 Å². The minimum Gasteiger partial charge on any atom is -0.358 e. The summed E-state index contributed by atoms with van der Waals surface area (Å²) in [4.78, 5) is 0. The molecule has 0 saturated heterocycles. The van der Waals surface area contributed by atoms with E-state index in [9.17, 15) is 0 Å². The van der Waals surface area contributed by atoms with E-state index in [1.807, 2.05) is 0 Å². The molecule has 0 aromatic heterocycles. The van der Waals surface area contributed by atoms with E-state index in [4.69, 9.17) is 0 Å². The summed E-state index contributed by atoms with van der Waals surface area (Å²) in [6, 6.07) is 0. The molecule has 0 aliphatic carbocycles. The van der Waals surface area contributed by atoms with Crippen molar-refractivity contribution in [1.82, 2.24) is 0 Å². The summed E-state index contributed by atoms with van der Waals surface area (Å²) in [5.41, 5.74) is 0. The Kier molecular flexibility index (Phi) is 2510. The van der Waals surface area contributed by atoms with E-state index in [-0.39, 0.29) is 41.8 Å². The van der Waals surface area contributed by atoms with Crippen LogP contribution in [0.2, 0.25) is 0 Å². The van der Waals surface area contributed by atoms with Crippen LogP contribution in [0.25, 0.3) is 0 Å². The quantitative estimate of drug-likeness (QED) is 0.359. The van der Waals surface area contributed by atoms with Crippen LogP contribution in [0.5, 0.6) is 0 Å². The molecule has 1 heteroatoms. The third kappa shape index (κ3) is 17.8. The van der Waals surface area contributed by atoms with Crippen LogP contribution in [-0.2, 0) is 19.5 Å². The van der Waals surface area contributed by atoms with E-state index < -0.39 is 0 Å². The third-order valence-corrected chi connectivity index (χ3v) is 0. The van der Waals surface area contributed by atoms with E-state index in [0.29, 0.717) is 0 Å². The van der Waals surface area contributed by atoms with Gasteiger partial charge in [0, 0.05) is 19.5 Å². The molecule has 0 aromatic carbocycles. The Morgan fingerprint density at radius 1 is 0.500 bits per heavy atom. The zero-order chi connectivity index (χ0) is 0. The van der Waals surface area contributed by atoms with Crippen molar-refractivity contribution in [2.45, 2.75) is 0 Å². The van der Waals surface area contributed by atoms with E-state index >= 15 is 0 Å². The molecule has 0 aromatic rings. The zero-order valence-electron chi connectivity index (χ0n) is 3.33. The molecule has 0 aliphatic rings. The molecule has 0 heterocycles. The minimum absolute atomic E-state index is 0. The standard InChI is InChI=1S/3CH3.Rh/h3*1H3;/q3*-1;. The van der Waals surface area contributed by atoms with Crippen LogP contribution < -0.4 is 0 Å². The van der Waals surface area contributed by atoms with Gasteiger partial charge in [0.15, 0.2) is 0 Å². The first-order valence-corrected chi connectivity index (χ1v) is 0. The smallest absolute Gasteiger partial charge is 0 e. The molecule has 33 valence electrons. The van der Waals surface area contributed by atoms with E-state index in [2.05, 4.69) is 0 Å². The second kappa shape index (κ2) is 64.2. The molecule has 4 heavy (non-hydrogen) atoms. The van der Waals surface area contributed by atoms with Crippen molar-refractivity contribution < 1.29 is 19.5 Å². The largest absolute Gasteiger partial charge is 0.358 e. The molecule has 0 nitrogen and oxygen atoms in total. The molecular weight excluding hydrogens is 139 g/mol. The van der Waals surface area contributed by atoms with Crippen molar-refractivity contribution in [3.8, 4) is 0 Å². The number of rotatable bonds is 0. The van der Waals surface area contributed by atoms with E-state index in [0.717, 1.165) is 0 Å². The van der Waals surface area contributed by atoms with Gasteiger partial charge in [-0.05, 0) is 0 Å². The van der Waals surface area contributed by atoms with Crippen LogP contribution in [0.15, 0.2) is 0 Å². The van der Waals surface area contributed by atoms with Gasteiger partial charge < -0.3 is 22.3 Å². The fraction of sp³-hybridized carbons (Fsp3) is 0. The molecule has 0 saturated carbocycles. The molecule has 0 spiro atoms. The first-order chi connectivity index (χ1) is 0. The Balaban J connectivity index is 0. The van der Waals surface area contributed by atoms with Gasteiger partial charge in [-0.1, -0.05) is 0 Å². The molecule has 0 rings (SSSR count). The first-order valence-electron chi connectivity index (χ1n) is 0. The topological polar surface area (TPSA) is 0 Å². The van der Waals surface area contributed by atoms with Crippen LogP contribution in [0.4, 0.5) is 0 Å². The molecule has 0 fully saturated rings. The molecule has 0 atom stereocenters. The Labute approximate surface area is 42.4 Å². The summed E-state index contributed by atoms with van der Waals surface area (Å²) in [5.74, 6) is 0. The summed E-state index contributed by atoms with van der Waals surface area (Å²) >= 11 is 0. The first kappa shape index (κ1) is 156. The van der Waals surface area contributed by atoms with Crippen molar-refractivity contribution in [2.75, 3.05) is 0 Å². The normalized spacial score (nSPS) is 0. The van der Waals surface area contributed by atoms with Gasteiger partial charge >= 0.3 is 0 Å². The Morgan fingerprint density at radius 2 is 0.500 bits per heavy atom. The zero-order valence-corrected chi connectivity index (χ0v) is 4.97. The van der Waals surface area contributed by atoms with Gasteiger partial charge in [0.25, 0.3) is 0 Å². The summed E-state index contributed by atoms with van der Waals surface area (Å²) in [6.07, 6.45) is 0. The molecule has 0 aliphatic heterocycles. The average molecular weight is 148 g/mol. The molecule has 0 N–H and O–H groups in total. The van der Waals surface area contributed by atoms with Gasteiger partial charge in [0.1, 0.15) is 0 Å². The Bertz CT molecular complexity index is 3.25. The van der Waals surface area contributed by atoms with Gasteiger partial charge in [-0.15, -0.1) is 0 Å². The maximum Gasteiger partial charge on any atom is 0 e. The third-order valence-electron chi connectivity index (χ3n) is 0. The molecular formula is C3H9Rh-3. The van der Waals surface area contributed by atoms with Crippen LogP contribution >= 0.6 is 0 Å². The number of hydrogen-bond acceptors (Lipinski definition) is 0. The molecule has 0 amide bonds. The fourth-order valence-corrected chi connectivity index (χ4v) is 0. The van der Waals surface area contributed by atoms with Gasteiger partial charge in [-0.3, -0.25) is 0 Å². The molecule has 0 unspecified atom stereocenters. The van der Waals surface area contributed by atoms with E-state index in [1.165, 1.54) is 0 Å². The average Bonchev–Trinajstić information content (AvgIpc) is 0. The molecule has 1 radical (unpaired) electrons. The van der Waals surface area contributed by atoms with Crippen LogP contribution in [0.3, 0.4) is 0 Å².